The second-order valence-electron chi connectivity index (χ2n) is 8.15. The van der Waals surface area contributed by atoms with E-state index in [1.807, 2.05) is 42.5 Å². The zero-order valence-electron chi connectivity index (χ0n) is 18.9. The minimum Gasteiger partial charge on any atom is -0.494 e. The number of aromatic nitrogens is 3. The largest absolute Gasteiger partial charge is 0.494 e. The van der Waals surface area contributed by atoms with Crippen molar-refractivity contribution in [3.05, 3.63) is 40.1 Å². The number of carbonyl (C=O) groups is 1. The van der Waals surface area contributed by atoms with E-state index in [2.05, 4.69) is 39.3 Å². The van der Waals surface area contributed by atoms with E-state index in [0.29, 0.717) is 6.61 Å². The Morgan fingerprint density at radius 3 is 2.84 bits per heavy atom. The summed E-state index contributed by atoms with van der Waals surface area (Å²) in [6, 6.07) is 7.43. The van der Waals surface area contributed by atoms with Crippen molar-refractivity contribution >= 4 is 34.7 Å². The Balaban J connectivity index is 1.44. The number of carbonyl (C=O) groups excluding carboxylic acids is 1. The fourth-order valence-corrected chi connectivity index (χ4v) is 6.02. The van der Waals surface area contributed by atoms with Crippen LogP contribution in [0.4, 0.5) is 5.69 Å². The fraction of sp³-hybridized carbons (Fsp3) is 0.458. The minimum absolute atomic E-state index is 0.0614. The van der Waals surface area contributed by atoms with Crippen LogP contribution in [0.25, 0.3) is 11.4 Å². The molecule has 0 saturated carbocycles. The van der Waals surface area contributed by atoms with Crippen LogP contribution in [0.5, 0.6) is 5.75 Å². The molecule has 2 heterocycles. The van der Waals surface area contributed by atoms with Crippen LogP contribution in [0, 0.1) is 5.92 Å². The number of benzene rings is 1. The molecule has 3 aromatic rings. The van der Waals surface area contributed by atoms with Crippen LogP contribution in [-0.4, -0.2) is 33.0 Å². The maximum atomic E-state index is 12.5. The van der Waals surface area contributed by atoms with Crippen LogP contribution in [0.1, 0.15) is 44.1 Å². The Morgan fingerprint density at radius 1 is 1.28 bits per heavy atom. The third kappa shape index (κ3) is 5.18. The second kappa shape index (κ2) is 10.5. The van der Waals surface area contributed by atoms with E-state index in [-0.39, 0.29) is 11.7 Å². The normalized spacial score (nSPS) is 15.4. The van der Waals surface area contributed by atoms with Gasteiger partial charge < -0.3 is 14.6 Å². The van der Waals surface area contributed by atoms with E-state index in [4.69, 9.17) is 4.74 Å². The number of hydrogen-bond donors (Lipinski definition) is 1. The van der Waals surface area contributed by atoms with E-state index in [0.717, 1.165) is 54.1 Å². The summed E-state index contributed by atoms with van der Waals surface area (Å²) >= 11 is 3.29. The van der Waals surface area contributed by atoms with Crippen LogP contribution in [0.15, 0.2) is 34.8 Å². The number of amides is 1. The van der Waals surface area contributed by atoms with Gasteiger partial charge >= 0.3 is 0 Å². The number of nitrogens with one attached hydrogen (secondary N) is 1. The maximum absolute atomic E-state index is 12.5. The highest BCUT2D eigenvalue weighted by Gasteiger charge is 2.24. The predicted octanol–water partition coefficient (Wildman–Crippen LogP) is 5.67. The van der Waals surface area contributed by atoms with Gasteiger partial charge in [0.05, 0.1) is 12.4 Å². The number of anilines is 1. The van der Waals surface area contributed by atoms with Crippen molar-refractivity contribution in [3.8, 4) is 17.1 Å². The van der Waals surface area contributed by atoms with Gasteiger partial charge in [0.25, 0.3) is 0 Å². The van der Waals surface area contributed by atoms with Crippen molar-refractivity contribution < 1.29 is 9.53 Å². The lowest BCUT2D eigenvalue weighted by Gasteiger charge is -2.19. The molecule has 6 nitrogen and oxygen atoms in total. The molecule has 0 radical (unpaired) electrons. The highest BCUT2D eigenvalue weighted by molar-refractivity contribution is 7.99. The lowest BCUT2D eigenvalue weighted by Crippen LogP contribution is -2.14. The van der Waals surface area contributed by atoms with E-state index in [1.54, 1.807) is 0 Å². The highest BCUT2D eigenvalue weighted by atomic mass is 32.2. The molecule has 2 aromatic heterocycles. The van der Waals surface area contributed by atoms with Gasteiger partial charge in [-0.15, -0.1) is 21.5 Å². The average Bonchev–Trinajstić information content (AvgIpc) is 3.37. The Hall–Kier alpha value is -2.32. The van der Waals surface area contributed by atoms with Crippen molar-refractivity contribution in [1.29, 1.82) is 0 Å². The molecule has 0 fully saturated rings. The molecule has 0 unspecified atom stereocenters. The summed E-state index contributed by atoms with van der Waals surface area (Å²) in [5.74, 6) is 2.71. The van der Waals surface area contributed by atoms with Gasteiger partial charge in [-0.3, -0.25) is 4.79 Å². The summed E-state index contributed by atoms with van der Waals surface area (Å²) in [6.45, 7) is 7.89. The molecular formula is C24H30N4O2S2. The number of thiophene rings is 1. The zero-order valence-corrected chi connectivity index (χ0v) is 20.5. The molecule has 1 N–H and O–H groups in total. The first-order valence-corrected chi connectivity index (χ1v) is 13.1. The summed E-state index contributed by atoms with van der Waals surface area (Å²) in [6.07, 6.45) is 4.49. The third-order valence-electron chi connectivity index (χ3n) is 5.59. The second-order valence-corrected chi connectivity index (χ2v) is 10.1. The van der Waals surface area contributed by atoms with Gasteiger partial charge in [-0.05, 0) is 68.4 Å². The summed E-state index contributed by atoms with van der Waals surface area (Å²) < 4.78 is 7.62. The molecule has 0 aliphatic heterocycles. The van der Waals surface area contributed by atoms with Crippen LogP contribution in [0.2, 0.25) is 0 Å². The Labute approximate surface area is 197 Å². The quantitative estimate of drug-likeness (QED) is 0.408. The lowest BCUT2D eigenvalue weighted by atomic mass is 9.88. The van der Waals surface area contributed by atoms with Gasteiger partial charge in [0.15, 0.2) is 11.0 Å². The van der Waals surface area contributed by atoms with Crippen molar-refractivity contribution in [2.45, 2.75) is 58.2 Å². The molecule has 0 bridgehead atoms. The van der Waals surface area contributed by atoms with Gasteiger partial charge in [0, 0.05) is 28.1 Å². The van der Waals surface area contributed by atoms with Crippen LogP contribution in [0.3, 0.4) is 0 Å². The molecule has 170 valence electrons. The molecular weight excluding hydrogens is 440 g/mol. The summed E-state index contributed by atoms with van der Waals surface area (Å²) in [5, 5.41) is 15.0. The minimum atomic E-state index is -0.0614. The van der Waals surface area contributed by atoms with Gasteiger partial charge in [-0.2, -0.15) is 0 Å². The zero-order chi connectivity index (χ0) is 22.5. The lowest BCUT2D eigenvalue weighted by molar-refractivity contribution is -0.113. The number of hydrogen-bond acceptors (Lipinski definition) is 6. The topological polar surface area (TPSA) is 69.0 Å². The average molecular weight is 471 g/mol. The number of fused-ring (bicyclic) bond motifs is 1. The molecule has 32 heavy (non-hydrogen) atoms. The molecule has 1 aliphatic rings. The van der Waals surface area contributed by atoms with Crippen molar-refractivity contribution in [1.82, 2.24) is 14.8 Å². The molecule has 1 aliphatic carbocycles. The number of nitrogens with zero attached hydrogens (tertiary/aromatic N) is 3. The predicted molar refractivity (Wildman–Crippen MR) is 132 cm³/mol. The Morgan fingerprint density at radius 2 is 2.09 bits per heavy atom. The van der Waals surface area contributed by atoms with Crippen molar-refractivity contribution in [2.75, 3.05) is 17.7 Å². The molecule has 8 heteroatoms. The first-order valence-electron chi connectivity index (χ1n) is 11.3. The number of ether oxygens (including phenoxy) is 1. The Bertz CT molecular complexity index is 1060. The fourth-order valence-electron chi connectivity index (χ4n) is 4.01. The van der Waals surface area contributed by atoms with Crippen LogP contribution in [-0.2, 0) is 24.2 Å². The number of rotatable bonds is 9. The standard InChI is InChI=1S/C24H30N4O2S2/c1-4-12-28-23(20-14-31-21-13-16(3)6-11-19(20)21)26-27-24(28)32-15-22(29)25-17-7-9-18(10-8-17)30-5-2/h7-10,14,16H,4-6,11-13,15H2,1-3H3,(H,25,29)/t16-/m0/s1. The van der Waals surface area contributed by atoms with E-state index in [9.17, 15) is 4.79 Å². The highest BCUT2D eigenvalue weighted by Crippen LogP contribution is 2.38. The SMILES string of the molecule is CCCn1c(SCC(=O)Nc2ccc(OCC)cc2)nnc1-c1csc2c1CC[C@H](C)C2. The summed E-state index contributed by atoms with van der Waals surface area (Å²) in [7, 11) is 0. The van der Waals surface area contributed by atoms with E-state index < -0.39 is 0 Å². The number of thioether (sulfide) groups is 1. The van der Waals surface area contributed by atoms with Crippen LogP contribution < -0.4 is 10.1 Å². The molecule has 1 amide bonds. The van der Waals surface area contributed by atoms with Gasteiger partial charge in [-0.1, -0.05) is 25.6 Å². The molecule has 0 spiro atoms. The first-order chi connectivity index (χ1) is 15.6. The van der Waals surface area contributed by atoms with Crippen molar-refractivity contribution in [3.63, 3.8) is 0 Å². The van der Waals surface area contributed by atoms with Crippen LogP contribution >= 0.6 is 23.1 Å². The van der Waals surface area contributed by atoms with E-state index >= 15 is 0 Å². The third-order valence-corrected chi connectivity index (χ3v) is 7.61. The van der Waals surface area contributed by atoms with Gasteiger partial charge in [0.1, 0.15) is 5.75 Å². The van der Waals surface area contributed by atoms with Gasteiger partial charge in [-0.25, -0.2) is 0 Å². The molecule has 0 saturated heterocycles. The molecule has 4 rings (SSSR count). The van der Waals surface area contributed by atoms with Crippen molar-refractivity contribution in [2.24, 2.45) is 5.92 Å². The maximum Gasteiger partial charge on any atom is 0.234 e. The summed E-state index contributed by atoms with van der Waals surface area (Å²) in [4.78, 5) is 14.0. The Kier molecular flexibility index (Phi) is 7.52. The summed E-state index contributed by atoms with van der Waals surface area (Å²) in [5.41, 5.74) is 3.43. The van der Waals surface area contributed by atoms with E-state index in [1.165, 1.54) is 34.2 Å². The molecule has 1 aromatic carbocycles. The first kappa shape index (κ1) is 22.9. The monoisotopic (exact) mass is 470 g/mol. The smallest absolute Gasteiger partial charge is 0.234 e. The molecule has 1 atom stereocenters. The van der Waals surface area contributed by atoms with Gasteiger partial charge in [0.2, 0.25) is 5.91 Å².